The molecule has 1 aliphatic rings. The maximum absolute atomic E-state index is 12.8. The molecule has 3 nitrogen and oxygen atoms in total. The average molecular weight is 251 g/mol. The molecular formula is C14H22FN3. The molecule has 0 atom stereocenters. The van der Waals surface area contributed by atoms with Crippen molar-refractivity contribution in [3.05, 3.63) is 18.2 Å². The van der Waals surface area contributed by atoms with E-state index >= 15 is 0 Å². The van der Waals surface area contributed by atoms with Crippen LogP contribution < -0.4 is 4.90 Å². The Balaban J connectivity index is 1.91. The summed E-state index contributed by atoms with van der Waals surface area (Å²) in [5.41, 5.74) is 0. The molecule has 1 aliphatic carbocycles. The van der Waals surface area contributed by atoms with E-state index in [-0.39, 0.29) is 5.82 Å². The molecule has 0 aliphatic heterocycles. The second-order valence-corrected chi connectivity index (χ2v) is 5.28. The van der Waals surface area contributed by atoms with Crippen LogP contribution in [0.4, 0.5) is 10.3 Å². The van der Waals surface area contributed by atoms with E-state index in [9.17, 15) is 4.39 Å². The molecule has 4 heteroatoms. The van der Waals surface area contributed by atoms with Gasteiger partial charge < -0.3 is 4.90 Å². The first-order valence-electron chi connectivity index (χ1n) is 6.91. The lowest BCUT2D eigenvalue weighted by Crippen LogP contribution is -2.36. The molecule has 0 radical (unpaired) electrons. The van der Waals surface area contributed by atoms with E-state index in [1.807, 2.05) is 7.05 Å². The Kier molecular flexibility index (Phi) is 4.50. The summed E-state index contributed by atoms with van der Waals surface area (Å²) in [6, 6.07) is 0.503. The van der Waals surface area contributed by atoms with E-state index in [1.54, 1.807) is 0 Å². The fourth-order valence-corrected chi connectivity index (χ4v) is 2.88. The number of hydrogen-bond acceptors (Lipinski definition) is 3. The minimum Gasteiger partial charge on any atom is -0.341 e. The van der Waals surface area contributed by atoms with Gasteiger partial charge in [0.15, 0.2) is 5.82 Å². The van der Waals surface area contributed by atoms with E-state index in [0.29, 0.717) is 12.0 Å². The summed E-state index contributed by atoms with van der Waals surface area (Å²) < 4.78 is 12.8. The summed E-state index contributed by atoms with van der Waals surface area (Å²) in [5.74, 6) is 1.16. The van der Waals surface area contributed by atoms with Gasteiger partial charge in [-0.25, -0.2) is 14.4 Å². The van der Waals surface area contributed by atoms with Crippen molar-refractivity contribution in [1.82, 2.24) is 9.97 Å². The summed E-state index contributed by atoms with van der Waals surface area (Å²) in [7, 11) is 2.01. The molecule has 0 bridgehead atoms. The quantitative estimate of drug-likeness (QED) is 0.821. The van der Waals surface area contributed by atoms with Crippen LogP contribution in [0.15, 0.2) is 12.4 Å². The molecule has 0 amide bonds. The van der Waals surface area contributed by atoms with Crippen molar-refractivity contribution in [2.75, 3.05) is 11.9 Å². The van der Waals surface area contributed by atoms with Crippen molar-refractivity contribution >= 4 is 5.95 Å². The number of rotatable bonds is 4. The number of nitrogens with zero attached hydrogens (tertiary/aromatic N) is 3. The maximum Gasteiger partial charge on any atom is 0.225 e. The normalized spacial score (nSPS) is 23.9. The zero-order valence-electron chi connectivity index (χ0n) is 11.3. The lowest BCUT2D eigenvalue weighted by Gasteiger charge is -2.34. The third-order valence-corrected chi connectivity index (χ3v) is 3.98. The summed E-state index contributed by atoms with van der Waals surface area (Å²) in [6.45, 7) is 2.25. The fraction of sp³-hybridized carbons (Fsp3) is 0.714. The standard InChI is InChI=1S/C14H22FN3/c1-3-4-11-5-7-13(8-6-11)18(2)14-16-9-12(15)10-17-14/h9-11,13H,3-8H2,1-2H3. The number of hydrogen-bond donors (Lipinski definition) is 0. The van der Waals surface area contributed by atoms with Gasteiger partial charge >= 0.3 is 0 Å². The Morgan fingerprint density at radius 1 is 1.22 bits per heavy atom. The zero-order chi connectivity index (χ0) is 13.0. The number of anilines is 1. The molecule has 100 valence electrons. The van der Waals surface area contributed by atoms with Crippen molar-refractivity contribution in [3.63, 3.8) is 0 Å². The third kappa shape index (κ3) is 3.18. The lowest BCUT2D eigenvalue weighted by molar-refractivity contribution is 0.302. The molecule has 0 spiro atoms. The van der Waals surface area contributed by atoms with Gasteiger partial charge in [-0.15, -0.1) is 0 Å². The molecule has 18 heavy (non-hydrogen) atoms. The summed E-state index contributed by atoms with van der Waals surface area (Å²) in [6.07, 6.45) is 10.1. The smallest absolute Gasteiger partial charge is 0.225 e. The number of aromatic nitrogens is 2. The Hall–Kier alpha value is -1.19. The summed E-state index contributed by atoms with van der Waals surface area (Å²) in [4.78, 5) is 10.2. The predicted octanol–water partition coefficient (Wildman–Crippen LogP) is 3.41. The first-order chi connectivity index (χ1) is 8.70. The Labute approximate surface area is 108 Å². The highest BCUT2D eigenvalue weighted by molar-refractivity contribution is 5.29. The van der Waals surface area contributed by atoms with E-state index in [2.05, 4.69) is 21.8 Å². The largest absolute Gasteiger partial charge is 0.341 e. The van der Waals surface area contributed by atoms with Crippen molar-refractivity contribution < 1.29 is 4.39 Å². The Bertz CT molecular complexity index is 358. The summed E-state index contributed by atoms with van der Waals surface area (Å²) >= 11 is 0. The third-order valence-electron chi connectivity index (χ3n) is 3.98. The van der Waals surface area contributed by atoms with Crippen LogP contribution in [-0.4, -0.2) is 23.1 Å². The van der Waals surface area contributed by atoms with E-state index in [0.717, 1.165) is 5.92 Å². The van der Waals surface area contributed by atoms with E-state index < -0.39 is 0 Å². The SMILES string of the molecule is CCCC1CCC(N(C)c2ncc(F)cn2)CC1. The topological polar surface area (TPSA) is 29.0 Å². The molecule has 0 unspecified atom stereocenters. The van der Waals surface area contributed by atoms with Gasteiger partial charge in [0.1, 0.15) is 0 Å². The minimum absolute atomic E-state index is 0.376. The second-order valence-electron chi connectivity index (χ2n) is 5.28. The van der Waals surface area contributed by atoms with Crippen LogP contribution in [0.5, 0.6) is 0 Å². The monoisotopic (exact) mass is 251 g/mol. The van der Waals surface area contributed by atoms with Crippen molar-refractivity contribution in [3.8, 4) is 0 Å². The summed E-state index contributed by atoms with van der Waals surface area (Å²) in [5, 5.41) is 0. The molecule has 1 aromatic rings. The second kappa shape index (κ2) is 6.12. The van der Waals surface area contributed by atoms with Gasteiger partial charge in [0, 0.05) is 13.1 Å². The van der Waals surface area contributed by atoms with Gasteiger partial charge in [0.05, 0.1) is 12.4 Å². The molecule has 2 rings (SSSR count). The van der Waals surface area contributed by atoms with Crippen LogP contribution in [0.2, 0.25) is 0 Å². The van der Waals surface area contributed by atoms with Crippen molar-refractivity contribution in [1.29, 1.82) is 0 Å². The van der Waals surface area contributed by atoms with Gasteiger partial charge in [-0.3, -0.25) is 0 Å². The molecule has 0 N–H and O–H groups in total. The van der Waals surface area contributed by atoms with E-state index in [4.69, 9.17) is 0 Å². The average Bonchev–Trinajstić information content (AvgIpc) is 2.40. The predicted molar refractivity (Wildman–Crippen MR) is 71.0 cm³/mol. The molecule has 1 aromatic heterocycles. The molecule has 1 saturated carbocycles. The van der Waals surface area contributed by atoms with Gasteiger partial charge in [0.25, 0.3) is 0 Å². The van der Waals surface area contributed by atoms with Crippen LogP contribution in [-0.2, 0) is 0 Å². The zero-order valence-corrected chi connectivity index (χ0v) is 11.3. The fourth-order valence-electron chi connectivity index (χ4n) is 2.88. The molecule has 1 heterocycles. The maximum atomic E-state index is 12.8. The van der Waals surface area contributed by atoms with Crippen LogP contribution >= 0.6 is 0 Å². The highest BCUT2D eigenvalue weighted by Crippen LogP contribution is 2.30. The molecule has 1 fully saturated rings. The molecular weight excluding hydrogens is 229 g/mol. The van der Waals surface area contributed by atoms with Gasteiger partial charge in [-0.2, -0.15) is 0 Å². The number of halogens is 1. The van der Waals surface area contributed by atoms with Gasteiger partial charge in [-0.1, -0.05) is 19.8 Å². The first kappa shape index (κ1) is 13.2. The van der Waals surface area contributed by atoms with Crippen LogP contribution in [0.1, 0.15) is 45.4 Å². The first-order valence-corrected chi connectivity index (χ1v) is 6.91. The van der Waals surface area contributed by atoms with Crippen molar-refractivity contribution in [2.45, 2.75) is 51.5 Å². The van der Waals surface area contributed by atoms with E-state index in [1.165, 1.54) is 50.9 Å². The molecule has 0 saturated heterocycles. The Morgan fingerprint density at radius 2 is 1.83 bits per heavy atom. The van der Waals surface area contributed by atoms with Crippen molar-refractivity contribution in [2.24, 2.45) is 5.92 Å². The highest BCUT2D eigenvalue weighted by Gasteiger charge is 2.24. The Morgan fingerprint density at radius 3 is 2.39 bits per heavy atom. The van der Waals surface area contributed by atoms with Crippen LogP contribution in [0, 0.1) is 11.7 Å². The van der Waals surface area contributed by atoms with Gasteiger partial charge in [0.2, 0.25) is 5.95 Å². The van der Waals surface area contributed by atoms with Crippen LogP contribution in [0.3, 0.4) is 0 Å². The molecule has 0 aromatic carbocycles. The highest BCUT2D eigenvalue weighted by atomic mass is 19.1. The van der Waals surface area contributed by atoms with Gasteiger partial charge in [-0.05, 0) is 31.6 Å². The minimum atomic E-state index is -0.376. The lowest BCUT2D eigenvalue weighted by atomic mass is 9.83. The van der Waals surface area contributed by atoms with Crippen LogP contribution in [0.25, 0.3) is 0 Å².